The molecule has 3 rings (SSSR count). The van der Waals surface area contributed by atoms with E-state index in [1.807, 2.05) is 30.5 Å². The van der Waals surface area contributed by atoms with Crippen LogP contribution in [0.25, 0.3) is 0 Å². The molecule has 1 aliphatic rings. The van der Waals surface area contributed by atoms with E-state index in [-0.39, 0.29) is 0 Å². The lowest BCUT2D eigenvalue weighted by atomic mass is 10.1. The van der Waals surface area contributed by atoms with Crippen LogP contribution >= 0.6 is 0 Å². The molecular weight excluding hydrogens is 234 g/mol. The largest absolute Gasteiger partial charge is 0.398 e. The van der Waals surface area contributed by atoms with Gasteiger partial charge in [-0.15, -0.1) is 0 Å². The number of para-hydroxylation sites is 1. The van der Waals surface area contributed by atoms with Gasteiger partial charge in [0.05, 0.1) is 0 Å². The molecule has 98 valence electrons. The Morgan fingerprint density at radius 1 is 1.21 bits per heavy atom. The molecule has 2 aromatic rings. The Balaban J connectivity index is 1.91. The van der Waals surface area contributed by atoms with Crippen LogP contribution in [0.3, 0.4) is 0 Å². The molecule has 19 heavy (non-hydrogen) atoms. The van der Waals surface area contributed by atoms with Crippen molar-refractivity contribution in [3.63, 3.8) is 0 Å². The SMILES string of the molecule is Cc1cccnc1N(Cc1ccccc1N)C1CC1. The first kappa shape index (κ1) is 12.0. The number of nitrogens with zero attached hydrogens (tertiary/aromatic N) is 2. The van der Waals surface area contributed by atoms with Crippen LogP contribution in [0, 0.1) is 6.92 Å². The van der Waals surface area contributed by atoms with Gasteiger partial charge in [0.25, 0.3) is 0 Å². The standard InChI is InChI=1S/C16H19N3/c1-12-5-4-10-18-16(12)19(14-8-9-14)11-13-6-2-3-7-15(13)17/h2-7,10,14H,8-9,11,17H2,1H3. The summed E-state index contributed by atoms with van der Waals surface area (Å²) in [5.74, 6) is 1.09. The monoisotopic (exact) mass is 253 g/mol. The lowest BCUT2D eigenvalue weighted by Crippen LogP contribution is -2.27. The van der Waals surface area contributed by atoms with Gasteiger partial charge in [-0.1, -0.05) is 24.3 Å². The summed E-state index contributed by atoms with van der Waals surface area (Å²) in [4.78, 5) is 6.94. The van der Waals surface area contributed by atoms with E-state index in [2.05, 4.69) is 28.9 Å². The fourth-order valence-corrected chi connectivity index (χ4v) is 2.40. The van der Waals surface area contributed by atoms with E-state index < -0.39 is 0 Å². The molecule has 0 spiro atoms. The molecule has 0 radical (unpaired) electrons. The molecule has 1 aromatic carbocycles. The Hall–Kier alpha value is -2.03. The summed E-state index contributed by atoms with van der Waals surface area (Å²) in [6, 6.07) is 12.8. The van der Waals surface area contributed by atoms with Crippen molar-refractivity contribution in [3.8, 4) is 0 Å². The Bertz CT molecular complexity index is 576. The first-order valence-corrected chi connectivity index (χ1v) is 6.77. The van der Waals surface area contributed by atoms with E-state index in [4.69, 9.17) is 5.73 Å². The van der Waals surface area contributed by atoms with E-state index in [9.17, 15) is 0 Å². The number of rotatable bonds is 4. The van der Waals surface area contributed by atoms with Crippen molar-refractivity contribution in [2.75, 3.05) is 10.6 Å². The third-order valence-corrected chi connectivity index (χ3v) is 3.64. The second-order valence-electron chi connectivity index (χ2n) is 5.20. The number of nitrogen functional groups attached to an aromatic ring is 1. The summed E-state index contributed by atoms with van der Waals surface area (Å²) in [6.45, 7) is 2.96. The Morgan fingerprint density at radius 3 is 2.68 bits per heavy atom. The lowest BCUT2D eigenvalue weighted by Gasteiger charge is -2.25. The summed E-state index contributed by atoms with van der Waals surface area (Å²) in [6.07, 6.45) is 4.37. The summed E-state index contributed by atoms with van der Waals surface area (Å²) < 4.78 is 0. The fourth-order valence-electron chi connectivity index (χ4n) is 2.40. The molecule has 2 N–H and O–H groups in total. The average Bonchev–Trinajstić information content (AvgIpc) is 3.23. The lowest BCUT2D eigenvalue weighted by molar-refractivity contribution is 0.775. The van der Waals surface area contributed by atoms with Gasteiger partial charge in [0.1, 0.15) is 5.82 Å². The maximum atomic E-state index is 6.06. The summed E-state index contributed by atoms with van der Waals surface area (Å²) in [5.41, 5.74) is 9.33. The maximum Gasteiger partial charge on any atom is 0.131 e. The maximum absolute atomic E-state index is 6.06. The van der Waals surface area contributed by atoms with E-state index in [1.165, 1.54) is 24.0 Å². The van der Waals surface area contributed by atoms with Gasteiger partial charge in [-0.3, -0.25) is 0 Å². The van der Waals surface area contributed by atoms with Crippen molar-refractivity contribution in [2.24, 2.45) is 0 Å². The number of benzene rings is 1. The Kier molecular flexibility index (Phi) is 3.11. The van der Waals surface area contributed by atoms with Gasteiger partial charge in [0.15, 0.2) is 0 Å². The van der Waals surface area contributed by atoms with Gasteiger partial charge in [-0.2, -0.15) is 0 Å². The van der Waals surface area contributed by atoms with Gasteiger partial charge in [-0.25, -0.2) is 4.98 Å². The first-order chi connectivity index (χ1) is 9.25. The fraction of sp³-hybridized carbons (Fsp3) is 0.312. The summed E-state index contributed by atoms with van der Waals surface area (Å²) in [7, 11) is 0. The van der Waals surface area contributed by atoms with Crippen LogP contribution in [0.15, 0.2) is 42.6 Å². The number of hydrogen-bond acceptors (Lipinski definition) is 3. The van der Waals surface area contributed by atoms with Crippen molar-refractivity contribution < 1.29 is 0 Å². The number of aromatic nitrogens is 1. The molecule has 1 aromatic heterocycles. The normalized spacial score (nSPS) is 14.4. The van der Waals surface area contributed by atoms with E-state index >= 15 is 0 Å². The van der Waals surface area contributed by atoms with Crippen molar-refractivity contribution in [3.05, 3.63) is 53.7 Å². The molecule has 1 aliphatic carbocycles. The van der Waals surface area contributed by atoms with E-state index in [1.54, 1.807) is 0 Å². The summed E-state index contributed by atoms with van der Waals surface area (Å²) in [5, 5.41) is 0. The van der Waals surface area contributed by atoms with Gasteiger partial charge < -0.3 is 10.6 Å². The minimum atomic E-state index is 0.619. The molecule has 0 bridgehead atoms. The molecule has 1 heterocycles. The van der Waals surface area contributed by atoms with Crippen molar-refractivity contribution in [1.29, 1.82) is 0 Å². The quantitative estimate of drug-likeness (QED) is 0.851. The summed E-state index contributed by atoms with van der Waals surface area (Å²) >= 11 is 0. The van der Waals surface area contributed by atoms with Crippen LogP contribution in [0.5, 0.6) is 0 Å². The molecule has 0 atom stereocenters. The van der Waals surface area contributed by atoms with Crippen LogP contribution in [-0.2, 0) is 6.54 Å². The van der Waals surface area contributed by atoms with Crippen LogP contribution in [-0.4, -0.2) is 11.0 Å². The second kappa shape index (κ2) is 4.92. The van der Waals surface area contributed by atoms with Crippen molar-refractivity contribution in [2.45, 2.75) is 32.4 Å². The minimum absolute atomic E-state index is 0.619. The topological polar surface area (TPSA) is 42.2 Å². The average molecular weight is 253 g/mol. The van der Waals surface area contributed by atoms with Crippen molar-refractivity contribution in [1.82, 2.24) is 4.98 Å². The highest BCUT2D eigenvalue weighted by molar-refractivity contribution is 5.53. The van der Waals surface area contributed by atoms with Crippen LogP contribution < -0.4 is 10.6 Å². The number of pyridine rings is 1. The second-order valence-corrected chi connectivity index (χ2v) is 5.20. The molecular formula is C16H19N3. The zero-order valence-electron chi connectivity index (χ0n) is 11.2. The molecule has 0 unspecified atom stereocenters. The van der Waals surface area contributed by atoms with Gasteiger partial charge in [0, 0.05) is 24.5 Å². The van der Waals surface area contributed by atoms with Gasteiger partial charge in [-0.05, 0) is 43.0 Å². The highest BCUT2D eigenvalue weighted by atomic mass is 15.2. The Labute approximate surface area is 114 Å². The number of aryl methyl sites for hydroxylation is 1. The predicted molar refractivity (Wildman–Crippen MR) is 79.0 cm³/mol. The minimum Gasteiger partial charge on any atom is -0.398 e. The number of hydrogen-bond donors (Lipinski definition) is 1. The predicted octanol–water partition coefficient (Wildman–Crippen LogP) is 3.14. The van der Waals surface area contributed by atoms with Crippen LogP contribution in [0.1, 0.15) is 24.0 Å². The molecule has 0 saturated heterocycles. The molecule has 1 saturated carbocycles. The molecule has 3 nitrogen and oxygen atoms in total. The van der Waals surface area contributed by atoms with Gasteiger partial charge in [0.2, 0.25) is 0 Å². The Morgan fingerprint density at radius 2 is 2.00 bits per heavy atom. The highest BCUT2D eigenvalue weighted by Gasteiger charge is 2.31. The first-order valence-electron chi connectivity index (χ1n) is 6.77. The number of nitrogens with two attached hydrogens (primary N) is 1. The highest BCUT2D eigenvalue weighted by Crippen LogP contribution is 2.34. The smallest absolute Gasteiger partial charge is 0.131 e. The van der Waals surface area contributed by atoms with Gasteiger partial charge >= 0.3 is 0 Å². The molecule has 0 amide bonds. The van der Waals surface area contributed by atoms with Crippen molar-refractivity contribution >= 4 is 11.5 Å². The third kappa shape index (κ3) is 2.55. The zero-order valence-corrected chi connectivity index (χ0v) is 11.2. The van der Waals surface area contributed by atoms with Crippen LogP contribution in [0.4, 0.5) is 11.5 Å². The molecule has 1 fully saturated rings. The zero-order chi connectivity index (χ0) is 13.2. The van der Waals surface area contributed by atoms with Crippen LogP contribution in [0.2, 0.25) is 0 Å². The molecule has 3 heteroatoms. The molecule has 0 aliphatic heterocycles. The third-order valence-electron chi connectivity index (χ3n) is 3.64. The van der Waals surface area contributed by atoms with E-state index in [0.29, 0.717) is 6.04 Å². The number of anilines is 2. The van der Waals surface area contributed by atoms with E-state index in [0.717, 1.165) is 18.1 Å².